The Kier molecular flexibility index (Phi) is 4.96. The van der Waals surface area contributed by atoms with Gasteiger partial charge in [0.05, 0.1) is 24.9 Å². The first kappa shape index (κ1) is 17.0. The molecule has 1 saturated heterocycles. The van der Waals surface area contributed by atoms with Gasteiger partial charge in [0.25, 0.3) is 5.91 Å². The summed E-state index contributed by atoms with van der Waals surface area (Å²) in [6.07, 6.45) is 2.51. The fraction of sp³-hybridized carbons (Fsp3) is 0.611. The number of likely N-dealkylation sites (tertiary alicyclic amines) is 1. The van der Waals surface area contributed by atoms with Crippen LogP contribution in [0.5, 0.6) is 11.5 Å². The van der Waals surface area contributed by atoms with E-state index in [1.165, 1.54) is 0 Å². The molecule has 1 aromatic rings. The Hall–Kier alpha value is -1.79. The van der Waals surface area contributed by atoms with E-state index in [1.54, 1.807) is 31.3 Å². The van der Waals surface area contributed by atoms with Crippen molar-refractivity contribution in [2.75, 3.05) is 27.4 Å². The minimum absolute atomic E-state index is 0.0488. The van der Waals surface area contributed by atoms with E-state index >= 15 is 0 Å². The topological polar surface area (TPSA) is 68.2 Å². The number of aliphatic hydroxyl groups excluding tert-OH is 1. The zero-order chi connectivity index (χ0) is 17.2. The molecule has 1 aliphatic heterocycles. The van der Waals surface area contributed by atoms with Crippen molar-refractivity contribution in [3.8, 4) is 11.5 Å². The fourth-order valence-corrected chi connectivity index (χ4v) is 3.94. The Balaban J connectivity index is 1.67. The number of aliphatic hydroxyl groups is 1. The lowest BCUT2D eigenvalue weighted by molar-refractivity contribution is -0.141. The molecule has 132 valence electrons. The molecule has 6 heteroatoms. The van der Waals surface area contributed by atoms with E-state index in [9.17, 15) is 9.90 Å². The maximum Gasteiger partial charge on any atom is 0.260 e. The van der Waals surface area contributed by atoms with Gasteiger partial charge in [-0.15, -0.1) is 0 Å². The van der Waals surface area contributed by atoms with Gasteiger partial charge >= 0.3 is 0 Å². The molecule has 24 heavy (non-hydrogen) atoms. The van der Waals surface area contributed by atoms with Crippen molar-refractivity contribution in [3.05, 3.63) is 24.3 Å². The summed E-state index contributed by atoms with van der Waals surface area (Å²) in [6, 6.07) is 7.18. The molecule has 1 aliphatic carbocycles. The molecule has 0 unspecified atom stereocenters. The number of methoxy groups -OCH3 is 2. The van der Waals surface area contributed by atoms with Crippen LogP contribution in [-0.4, -0.2) is 61.0 Å². The van der Waals surface area contributed by atoms with E-state index in [-0.39, 0.29) is 30.3 Å². The first-order valence-corrected chi connectivity index (χ1v) is 8.38. The van der Waals surface area contributed by atoms with Gasteiger partial charge in [-0.1, -0.05) is 12.1 Å². The highest BCUT2D eigenvalue weighted by molar-refractivity contribution is 5.78. The van der Waals surface area contributed by atoms with Crippen LogP contribution >= 0.6 is 0 Å². The third kappa shape index (κ3) is 3.08. The van der Waals surface area contributed by atoms with Gasteiger partial charge in [-0.3, -0.25) is 4.79 Å². The largest absolute Gasteiger partial charge is 0.493 e. The average Bonchev–Trinajstić information content (AvgIpc) is 2.99. The number of carbonyl (C=O) groups is 1. The summed E-state index contributed by atoms with van der Waals surface area (Å²) in [7, 11) is 3.27. The summed E-state index contributed by atoms with van der Waals surface area (Å²) in [5.41, 5.74) is -0.320. The molecule has 1 heterocycles. The molecule has 0 spiro atoms. The van der Waals surface area contributed by atoms with Crippen molar-refractivity contribution in [2.45, 2.75) is 43.4 Å². The van der Waals surface area contributed by atoms with Gasteiger partial charge in [-0.2, -0.15) is 0 Å². The number of carbonyl (C=O) groups excluding carboxylic acids is 1. The molecule has 1 saturated carbocycles. The average molecular weight is 335 g/mol. The van der Waals surface area contributed by atoms with Crippen molar-refractivity contribution in [1.29, 1.82) is 0 Å². The maximum atomic E-state index is 12.7. The van der Waals surface area contributed by atoms with Crippen LogP contribution in [0.3, 0.4) is 0 Å². The smallest absolute Gasteiger partial charge is 0.260 e. The lowest BCUT2D eigenvalue weighted by Gasteiger charge is -2.42. The van der Waals surface area contributed by atoms with E-state index in [0.29, 0.717) is 24.5 Å². The Morgan fingerprint density at radius 1 is 1.29 bits per heavy atom. The monoisotopic (exact) mass is 335 g/mol. The Labute approximate surface area is 142 Å². The van der Waals surface area contributed by atoms with Crippen molar-refractivity contribution in [2.24, 2.45) is 0 Å². The van der Waals surface area contributed by atoms with Gasteiger partial charge in [-0.05, 0) is 37.8 Å². The zero-order valence-corrected chi connectivity index (χ0v) is 14.2. The molecule has 0 radical (unpaired) electrons. The molecule has 6 nitrogen and oxygen atoms in total. The molecular weight excluding hydrogens is 310 g/mol. The molecule has 3 rings (SSSR count). The van der Waals surface area contributed by atoms with Gasteiger partial charge in [0.1, 0.15) is 0 Å². The summed E-state index contributed by atoms with van der Waals surface area (Å²) in [5, 5.41) is 10.0. The lowest BCUT2D eigenvalue weighted by Crippen LogP contribution is -2.53. The lowest BCUT2D eigenvalue weighted by atomic mass is 9.79. The maximum absolute atomic E-state index is 12.7. The molecule has 2 fully saturated rings. The van der Waals surface area contributed by atoms with E-state index in [0.717, 1.165) is 19.3 Å². The molecule has 1 amide bonds. The second-order valence-corrected chi connectivity index (χ2v) is 6.49. The van der Waals surface area contributed by atoms with Crippen molar-refractivity contribution in [3.63, 3.8) is 0 Å². The minimum atomic E-state index is -0.373. The predicted molar refractivity (Wildman–Crippen MR) is 88.2 cm³/mol. The van der Waals surface area contributed by atoms with E-state index in [4.69, 9.17) is 14.2 Å². The molecule has 1 N–H and O–H groups in total. The molecular formula is C18H25NO5. The fourth-order valence-electron chi connectivity index (χ4n) is 3.94. The number of benzene rings is 1. The third-order valence-corrected chi connectivity index (χ3v) is 5.30. The summed E-state index contributed by atoms with van der Waals surface area (Å²) < 4.78 is 16.7. The summed E-state index contributed by atoms with van der Waals surface area (Å²) in [5.74, 6) is 1.07. The first-order chi connectivity index (χ1) is 11.6. The van der Waals surface area contributed by atoms with Gasteiger partial charge in [-0.25, -0.2) is 0 Å². The van der Waals surface area contributed by atoms with Crippen molar-refractivity contribution in [1.82, 2.24) is 4.90 Å². The molecule has 0 aromatic heterocycles. The SMILES string of the molecule is COc1ccccc1OCC(=O)N1CC[C@]2(OC)CC[C@@H](O)C[C@H]12. The minimum Gasteiger partial charge on any atom is -0.493 e. The number of hydrogen-bond acceptors (Lipinski definition) is 5. The van der Waals surface area contributed by atoms with Gasteiger partial charge in [0, 0.05) is 13.7 Å². The number of hydrogen-bond donors (Lipinski definition) is 1. The Bertz CT molecular complexity index is 593. The van der Waals surface area contributed by atoms with Crippen LogP contribution in [0, 0.1) is 0 Å². The van der Waals surface area contributed by atoms with Crippen molar-refractivity contribution < 1.29 is 24.1 Å². The van der Waals surface area contributed by atoms with E-state index < -0.39 is 0 Å². The van der Waals surface area contributed by atoms with Crippen LogP contribution in [0.1, 0.15) is 25.7 Å². The number of para-hydroxylation sites is 2. The van der Waals surface area contributed by atoms with Gasteiger partial charge in [0.2, 0.25) is 0 Å². The molecule has 3 atom stereocenters. The molecule has 1 aromatic carbocycles. The quantitative estimate of drug-likeness (QED) is 0.885. The normalized spacial score (nSPS) is 29.2. The zero-order valence-electron chi connectivity index (χ0n) is 14.2. The Morgan fingerprint density at radius 3 is 2.75 bits per heavy atom. The van der Waals surface area contributed by atoms with Crippen LogP contribution in [0.15, 0.2) is 24.3 Å². The summed E-state index contributed by atoms with van der Waals surface area (Å²) in [6.45, 7) is 0.589. The van der Waals surface area contributed by atoms with Crippen LogP contribution in [0.4, 0.5) is 0 Å². The van der Waals surface area contributed by atoms with Gasteiger partial charge in [0.15, 0.2) is 18.1 Å². The van der Waals surface area contributed by atoms with Crippen LogP contribution in [0.2, 0.25) is 0 Å². The second-order valence-electron chi connectivity index (χ2n) is 6.49. The number of amides is 1. The predicted octanol–water partition coefficient (Wildman–Crippen LogP) is 1.60. The number of rotatable bonds is 5. The summed E-state index contributed by atoms with van der Waals surface area (Å²) >= 11 is 0. The van der Waals surface area contributed by atoms with Crippen LogP contribution in [-0.2, 0) is 9.53 Å². The number of nitrogens with zero attached hydrogens (tertiary/aromatic N) is 1. The van der Waals surface area contributed by atoms with Gasteiger partial charge < -0.3 is 24.2 Å². The Morgan fingerprint density at radius 2 is 2.04 bits per heavy atom. The number of fused-ring (bicyclic) bond motifs is 1. The van der Waals surface area contributed by atoms with E-state index in [1.807, 2.05) is 12.1 Å². The standard InChI is InChI=1S/C18H25NO5/c1-22-14-5-3-4-6-15(14)24-12-17(21)19-10-9-18(23-2)8-7-13(20)11-16(18)19/h3-6,13,16,20H,7-12H2,1-2H3/t13-,16+,18-/m1/s1. The molecule has 2 aliphatic rings. The number of ether oxygens (including phenoxy) is 3. The van der Waals surface area contributed by atoms with Crippen LogP contribution in [0.25, 0.3) is 0 Å². The van der Waals surface area contributed by atoms with E-state index in [2.05, 4.69) is 0 Å². The highest BCUT2D eigenvalue weighted by Crippen LogP contribution is 2.42. The first-order valence-electron chi connectivity index (χ1n) is 8.38. The highest BCUT2D eigenvalue weighted by Gasteiger charge is 2.52. The third-order valence-electron chi connectivity index (χ3n) is 5.30. The second kappa shape index (κ2) is 6.99. The summed E-state index contributed by atoms with van der Waals surface area (Å²) in [4.78, 5) is 14.5. The molecule has 0 bridgehead atoms. The van der Waals surface area contributed by atoms with Crippen LogP contribution < -0.4 is 9.47 Å². The van der Waals surface area contributed by atoms with Crippen molar-refractivity contribution >= 4 is 5.91 Å². The highest BCUT2D eigenvalue weighted by atomic mass is 16.5.